The second-order valence-corrected chi connectivity index (χ2v) is 10.6. The summed E-state index contributed by atoms with van der Waals surface area (Å²) in [4.78, 5) is 0. The highest BCUT2D eigenvalue weighted by Gasteiger charge is 2.40. The van der Waals surface area contributed by atoms with Crippen molar-refractivity contribution in [2.75, 3.05) is 0 Å². The Morgan fingerprint density at radius 2 is 1.94 bits per heavy atom. The van der Waals surface area contributed by atoms with Crippen molar-refractivity contribution in [2.24, 2.45) is 0 Å². The van der Waals surface area contributed by atoms with Crippen LogP contribution < -0.4 is 5.32 Å². The number of nitrogens with zero attached hydrogens (tertiary/aromatic N) is 2. The lowest BCUT2D eigenvalue weighted by molar-refractivity contribution is 0.278. The summed E-state index contributed by atoms with van der Waals surface area (Å²) in [5, 5.41) is 6.02. The third kappa shape index (κ3) is 5.00. The Bertz CT molecular complexity index is 1190. The minimum Gasteiger partial charge on any atom is -0.364 e. The number of benzene rings is 2. The quantitative estimate of drug-likeness (QED) is 0.528. The van der Waals surface area contributed by atoms with Gasteiger partial charge in [0.25, 0.3) is 0 Å². The zero-order chi connectivity index (χ0) is 23.6. The first-order chi connectivity index (χ1) is 15.8. The average molecular weight is 476 g/mol. The average Bonchev–Trinajstić information content (AvgIpc) is 3.31. The molecule has 0 radical (unpaired) electrons. The van der Waals surface area contributed by atoms with Gasteiger partial charge in [-0.15, -0.1) is 0 Å². The van der Waals surface area contributed by atoms with Crippen LogP contribution in [0.4, 0.5) is 8.78 Å². The summed E-state index contributed by atoms with van der Waals surface area (Å²) in [5.74, 6) is -1.22. The van der Waals surface area contributed by atoms with E-state index in [9.17, 15) is 12.8 Å². The molecule has 3 aromatic rings. The summed E-state index contributed by atoms with van der Waals surface area (Å²) in [7, 11) is -3.74. The first-order valence-corrected chi connectivity index (χ1v) is 12.4. The molecule has 0 bridgehead atoms. The van der Waals surface area contributed by atoms with Crippen molar-refractivity contribution in [1.29, 1.82) is 0 Å². The normalized spacial score (nSPS) is 21.7. The minimum atomic E-state index is -3.74. The molecule has 1 aromatic heterocycles. The van der Waals surface area contributed by atoms with Gasteiger partial charge in [0.15, 0.2) is 0 Å². The fourth-order valence-electron chi connectivity index (χ4n) is 4.27. The number of nitrogens with one attached hydrogen (secondary N) is 1. The number of hydrogen-bond donors (Lipinski definition) is 1. The van der Waals surface area contributed by atoms with Crippen LogP contribution in [0.5, 0.6) is 0 Å². The van der Waals surface area contributed by atoms with Crippen molar-refractivity contribution in [2.45, 2.75) is 57.1 Å². The molecule has 1 aliphatic heterocycles. The highest BCUT2D eigenvalue weighted by atomic mass is 32.2. The van der Waals surface area contributed by atoms with Gasteiger partial charge in [0, 0.05) is 41.9 Å². The summed E-state index contributed by atoms with van der Waals surface area (Å²) in [6.07, 6.45) is 4.16. The standard InChI is InChI=1S/C24H27F2N3O3S/c1-16-8-9-24(19-6-4-3-5-7-19)33(30,31)29(16)14-20-10-23(26)21(11-22(20)25)17(2)27-12-18-13-28-32-15-18/h3-7,10-11,13,15-17,24,27H,8-9,12,14H2,1-2H3/t16-,17?,24+/m0/s1. The molecular weight excluding hydrogens is 448 g/mol. The van der Waals surface area contributed by atoms with E-state index in [2.05, 4.69) is 10.5 Å². The van der Waals surface area contributed by atoms with Crippen molar-refractivity contribution in [3.63, 3.8) is 0 Å². The van der Waals surface area contributed by atoms with Crippen molar-refractivity contribution in [3.8, 4) is 0 Å². The molecule has 2 aromatic carbocycles. The van der Waals surface area contributed by atoms with E-state index in [4.69, 9.17) is 4.52 Å². The Labute approximate surface area is 192 Å². The highest BCUT2D eigenvalue weighted by molar-refractivity contribution is 7.89. The zero-order valence-electron chi connectivity index (χ0n) is 18.5. The molecule has 0 spiro atoms. The van der Waals surface area contributed by atoms with Crippen molar-refractivity contribution >= 4 is 10.0 Å². The first-order valence-electron chi connectivity index (χ1n) is 10.9. The van der Waals surface area contributed by atoms with E-state index >= 15 is 4.39 Å². The fraction of sp³-hybridized carbons (Fsp3) is 0.375. The van der Waals surface area contributed by atoms with E-state index in [-0.39, 0.29) is 23.7 Å². The predicted molar refractivity (Wildman–Crippen MR) is 120 cm³/mol. The molecule has 6 nitrogen and oxygen atoms in total. The Balaban J connectivity index is 1.54. The number of hydrogen-bond acceptors (Lipinski definition) is 5. The van der Waals surface area contributed by atoms with Gasteiger partial charge in [0.1, 0.15) is 23.1 Å². The Kier molecular flexibility index (Phi) is 6.92. The van der Waals surface area contributed by atoms with E-state index in [0.717, 1.165) is 17.7 Å². The van der Waals surface area contributed by atoms with Gasteiger partial charge in [-0.3, -0.25) is 0 Å². The molecule has 1 unspecified atom stereocenters. The van der Waals surface area contributed by atoms with Crippen LogP contribution in [0.3, 0.4) is 0 Å². The number of halogens is 2. The maximum absolute atomic E-state index is 15.0. The summed E-state index contributed by atoms with van der Waals surface area (Å²) in [6.45, 7) is 3.71. The van der Waals surface area contributed by atoms with Gasteiger partial charge < -0.3 is 9.84 Å². The van der Waals surface area contributed by atoms with Crippen LogP contribution in [0.1, 0.15) is 60.2 Å². The van der Waals surface area contributed by atoms with E-state index in [1.54, 1.807) is 44.3 Å². The zero-order valence-corrected chi connectivity index (χ0v) is 19.4. The van der Waals surface area contributed by atoms with Crippen LogP contribution in [-0.4, -0.2) is 23.9 Å². The summed E-state index contributed by atoms with van der Waals surface area (Å²) >= 11 is 0. The van der Waals surface area contributed by atoms with Gasteiger partial charge in [-0.25, -0.2) is 17.2 Å². The minimum absolute atomic E-state index is 0.0200. The molecule has 4 rings (SSSR count). The van der Waals surface area contributed by atoms with Gasteiger partial charge in [-0.05, 0) is 44.4 Å². The first kappa shape index (κ1) is 23.5. The molecule has 1 fully saturated rings. The molecule has 33 heavy (non-hydrogen) atoms. The monoisotopic (exact) mass is 475 g/mol. The van der Waals surface area contributed by atoms with Crippen LogP contribution in [0.2, 0.25) is 0 Å². The van der Waals surface area contributed by atoms with Crippen molar-refractivity contribution in [3.05, 3.63) is 88.8 Å². The smallest absolute Gasteiger partial charge is 0.221 e. The largest absolute Gasteiger partial charge is 0.364 e. The van der Waals surface area contributed by atoms with Gasteiger partial charge in [-0.1, -0.05) is 35.5 Å². The maximum atomic E-state index is 15.0. The Hall–Kier alpha value is -2.62. The third-order valence-corrected chi connectivity index (χ3v) is 8.62. The molecule has 1 aliphatic rings. The molecule has 0 saturated carbocycles. The summed E-state index contributed by atoms with van der Waals surface area (Å²) in [5.41, 5.74) is 1.69. The molecule has 1 N–H and O–H groups in total. The molecule has 9 heteroatoms. The summed E-state index contributed by atoms with van der Waals surface area (Å²) < 4.78 is 62.8. The van der Waals surface area contributed by atoms with Gasteiger partial charge in [0.2, 0.25) is 10.0 Å². The molecule has 2 heterocycles. The predicted octanol–water partition coefficient (Wildman–Crippen LogP) is 4.86. The van der Waals surface area contributed by atoms with Gasteiger partial charge in [0.05, 0.1) is 6.20 Å². The van der Waals surface area contributed by atoms with Crippen LogP contribution in [0.15, 0.2) is 59.4 Å². The molecule has 176 valence electrons. The van der Waals surface area contributed by atoms with Crippen molar-refractivity contribution < 1.29 is 21.7 Å². The second kappa shape index (κ2) is 9.70. The SMILES string of the molecule is CC(NCc1cnoc1)c1cc(F)c(CN2[C@@H](C)CC[C@H](c3ccccc3)S2(=O)=O)cc1F. The third-order valence-electron chi connectivity index (χ3n) is 6.25. The van der Waals surface area contributed by atoms with E-state index in [1.807, 2.05) is 6.07 Å². The molecule has 0 aliphatic carbocycles. The molecule has 3 atom stereocenters. The fourth-order valence-corrected chi connectivity index (χ4v) is 6.46. The molecule has 0 amide bonds. The lowest BCUT2D eigenvalue weighted by atomic mass is 10.0. The second-order valence-electron chi connectivity index (χ2n) is 8.52. The van der Waals surface area contributed by atoms with Crippen molar-refractivity contribution in [1.82, 2.24) is 14.8 Å². The number of rotatable bonds is 7. The van der Waals surface area contributed by atoms with E-state index < -0.39 is 32.9 Å². The van der Waals surface area contributed by atoms with Gasteiger partial charge in [-0.2, -0.15) is 4.31 Å². The molecular formula is C24H27F2N3O3S. The van der Waals surface area contributed by atoms with Crippen LogP contribution in [-0.2, 0) is 23.1 Å². The van der Waals surface area contributed by atoms with E-state index in [0.29, 0.717) is 24.9 Å². The lowest BCUT2D eigenvalue weighted by Crippen LogP contribution is -2.44. The van der Waals surface area contributed by atoms with Gasteiger partial charge >= 0.3 is 0 Å². The van der Waals surface area contributed by atoms with Crippen LogP contribution in [0.25, 0.3) is 0 Å². The maximum Gasteiger partial charge on any atom is 0.221 e. The highest BCUT2D eigenvalue weighted by Crippen LogP contribution is 2.38. The molecule has 1 saturated heterocycles. The number of sulfonamides is 1. The Morgan fingerprint density at radius 3 is 2.64 bits per heavy atom. The summed E-state index contributed by atoms with van der Waals surface area (Å²) in [6, 6.07) is 10.5. The van der Waals surface area contributed by atoms with Crippen LogP contribution >= 0.6 is 0 Å². The number of aromatic nitrogens is 1. The topological polar surface area (TPSA) is 75.4 Å². The van der Waals surface area contributed by atoms with Crippen LogP contribution in [0, 0.1) is 11.6 Å². The Morgan fingerprint density at radius 1 is 1.18 bits per heavy atom. The van der Waals surface area contributed by atoms with E-state index in [1.165, 1.54) is 10.6 Å². The lowest BCUT2D eigenvalue weighted by Gasteiger charge is -2.37.